The maximum Gasteiger partial charge on any atom is 0.0249 e. The van der Waals surface area contributed by atoms with Crippen LogP contribution in [-0.4, -0.2) is 24.7 Å². The molecule has 2 saturated carbocycles. The Balaban J connectivity index is 1.74. The quantitative estimate of drug-likeness (QED) is 0.673. The Labute approximate surface area is 94.2 Å². The highest BCUT2D eigenvalue weighted by Crippen LogP contribution is 2.44. The molecule has 0 aromatic heterocycles. The second kappa shape index (κ2) is 4.42. The van der Waals surface area contributed by atoms with Crippen LogP contribution in [0.1, 0.15) is 46.5 Å². The molecule has 0 radical (unpaired) electrons. The summed E-state index contributed by atoms with van der Waals surface area (Å²) < 4.78 is 0. The van der Waals surface area contributed by atoms with E-state index < -0.39 is 0 Å². The summed E-state index contributed by atoms with van der Waals surface area (Å²) in [4.78, 5) is 0. The molecule has 0 heterocycles. The molecule has 0 spiro atoms. The highest BCUT2D eigenvalue weighted by atomic mass is 15.0. The third kappa shape index (κ3) is 3.46. The number of likely N-dealkylation sites (N-methyl/N-ethyl adjacent to an activating group) is 1. The zero-order valence-electron chi connectivity index (χ0n) is 10.5. The van der Waals surface area contributed by atoms with Crippen LogP contribution in [0.5, 0.6) is 0 Å². The van der Waals surface area contributed by atoms with Crippen LogP contribution in [0.3, 0.4) is 0 Å². The zero-order chi connectivity index (χ0) is 10.9. The molecular weight excluding hydrogens is 184 g/mol. The molecule has 0 saturated heterocycles. The Kier molecular flexibility index (Phi) is 3.36. The fraction of sp³-hybridized carbons (Fsp3) is 1.00. The van der Waals surface area contributed by atoms with Gasteiger partial charge in [-0.25, -0.2) is 0 Å². The van der Waals surface area contributed by atoms with Gasteiger partial charge >= 0.3 is 0 Å². The Morgan fingerprint density at radius 1 is 1.13 bits per heavy atom. The Morgan fingerprint density at radius 2 is 1.67 bits per heavy atom. The summed E-state index contributed by atoms with van der Waals surface area (Å²) in [6, 6.07) is 0.836. The van der Waals surface area contributed by atoms with Gasteiger partial charge in [-0.2, -0.15) is 0 Å². The minimum Gasteiger partial charge on any atom is -0.312 e. The van der Waals surface area contributed by atoms with Crippen molar-refractivity contribution in [3.63, 3.8) is 0 Å². The minimum atomic E-state index is 0.247. The van der Waals surface area contributed by atoms with Gasteiger partial charge in [-0.05, 0) is 57.9 Å². The smallest absolute Gasteiger partial charge is 0.0249 e. The molecule has 0 aromatic rings. The first-order valence-electron chi connectivity index (χ1n) is 6.61. The van der Waals surface area contributed by atoms with Gasteiger partial charge in [0.2, 0.25) is 0 Å². The average Bonchev–Trinajstić information content (AvgIpc) is 2.99. The van der Waals surface area contributed by atoms with Crippen molar-refractivity contribution < 1.29 is 0 Å². The van der Waals surface area contributed by atoms with Crippen LogP contribution in [-0.2, 0) is 0 Å². The molecule has 2 rings (SSSR count). The summed E-state index contributed by atoms with van der Waals surface area (Å²) in [5.41, 5.74) is 0.247. The highest BCUT2D eigenvalue weighted by Gasteiger charge is 2.41. The maximum absolute atomic E-state index is 3.81. The van der Waals surface area contributed by atoms with Crippen molar-refractivity contribution in [2.75, 3.05) is 13.1 Å². The summed E-state index contributed by atoms with van der Waals surface area (Å²) in [7, 11) is 0. The van der Waals surface area contributed by atoms with Gasteiger partial charge < -0.3 is 10.6 Å². The molecule has 0 aliphatic heterocycles. The fourth-order valence-electron chi connectivity index (χ4n) is 2.54. The van der Waals surface area contributed by atoms with E-state index in [1.54, 1.807) is 0 Å². The van der Waals surface area contributed by atoms with E-state index in [0.717, 1.165) is 31.0 Å². The van der Waals surface area contributed by atoms with Crippen molar-refractivity contribution in [3.05, 3.63) is 0 Å². The minimum absolute atomic E-state index is 0.247. The van der Waals surface area contributed by atoms with E-state index in [0.29, 0.717) is 0 Å². The SMILES string of the molecule is CCNC(C)(C)CNC(C1CC1)C1CC1. The van der Waals surface area contributed by atoms with E-state index in [9.17, 15) is 0 Å². The van der Waals surface area contributed by atoms with Gasteiger partial charge in [0.05, 0.1) is 0 Å². The molecule has 88 valence electrons. The Bertz CT molecular complexity index is 193. The lowest BCUT2D eigenvalue weighted by Crippen LogP contribution is -2.50. The number of hydrogen-bond donors (Lipinski definition) is 2. The van der Waals surface area contributed by atoms with Gasteiger partial charge in [0, 0.05) is 18.1 Å². The molecule has 0 atom stereocenters. The van der Waals surface area contributed by atoms with Crippen LogP contribution in [0.25, 0.3) is 0 Å². The third-order valence-electron chi connectivity index (χ3n) is 3.69. The molecule has 2 aliphatic rings. The Morgan fingerprint density at radius 3 is 2.07 bits per heavy atom. The van der Waals surface area contributed by atoms with Gasteiger partial charge in [-0.15, -0.1) is 0 Å². The van der Waals surface area contributed by atoms with Gasteiger partial charge in [0.1, 0.15) is 0 Å². The first-order chi connectivity index (χ1) is 7.12. The van der Waals surface area contributed by atoms with Crippen LogP contribution < -0.4 is 10.6 Å². The fourth-order valence-corrected chi connectivity index (χ4v) is 2.54. The lowest BCUT2D eigenvalue weighted by Gasteiger charge is -2.29. The Hall–Kier alpha value is -0.0800. The molecule has 0 amide bonds. The first-order valence-corrected chi connectivity index (χ1v) is 6.61. The standard InChI is InChI=1S/C13H26N2/c1-4-15-13(2,3)9-14-12(10-5-6-10)11-7-8-11/h10-12,14-15H,4-9H2,1-3H3. The topological polar surface area (TPSA) is 24.1 Å². The normalized spacial score (nSPS) is 22.4. The molecule has 15 heavy (non-hydrogen) atoms. The van der Waals surface area contributed by atoms with Gasteiger partial charge in [0.25, 0.3) is 0 Å². The highest BCUT2D eigenvalue weighted by molar-refractivity contribution is 4.97. The van der Waals surface area contributed by atoms with E-state index in [2.05, 4.69) is 31.4 Å². The van der Waals surface area contributed by atoms with Crippen LogP contribution in [0, 0.1) is 11.8 Å². The maximum atomic E-state index is 3.81. The molecule has 0 bridgehead atoms. The molecule has 0 aromatic carbocycles. The lowest BCUT2D eigenvalue weighted by atomic mass is 10.0. The van der Waals surface area contributed by atoms with Crippen molar-refractivity contribution >= 4 is 0 Å². The van der Waals surface area contributed by atoms with Crippen molar-refractivity contribution in [2.24, 2.45) is 11.8 Å². The van der Waals surface area contributed by atoms with Gasteiger partial charge in [0.15, 0.2) is 0 Å². The molecule has 2 N–H and O–H groups in total. The van der Waals surface area contributed by atoms with Crippen LogP contribution >= 0.6 is 0 Å². The van der Waals surface area contributed by atoms with Crippen LogP contribution in [0.15, 0.2) is 0 Å². The van der Waals surface area contributed by atoms with E-state index in [1.807, 2.05) is 0 Å². The number of hydrogen-bond acceptors (Lipinski definition) is 2. The number of rotatable bonds is 7. The van der Waals surface area contributed by atoms with E-state index in [-0.39, 0.29) is 5.54 Å². The molecule has 0 unspecified atom stereocenters. The molecule has 2 nitrogen and oxygen atoms in total. The average molecular weight is 210 g/mol. The van der Waals surface area contributed by atoms with Crippen LogP contribution in [0.4, 0.5) is 0 Å². The van der Waals surface area contributed by atoms with Crippen molar-refractivity contribution in [2.45, 2.75) is 58.0 Å². The molecule has 2 fully saturated rings. The second-order valence-electron chi connectivity index (χ2n) is 6.00. The third-order valence-corrected chi connectivity index (χ3v) is 3.69. The second-order valence-corrected chi connectivity index (χ2v) is 6.00. The van der Waals surface area contributed by atoms with Crippen molar-refractivity contribution in [1.29, 1.82) is 0 Å². The van der Waals surface area contributed by atoms with Crippen molar-refractivity contribution in [1.82, 2.24) is 10.6 Å². The summed E-state index contributed by atoms with van der Waals surface area (Å²) >= 11 is 0. The van der Waals surface area contributed by atoms with Crippen molar-refractivity contribution in [3.8, 4) is 0 Å². The van der Waals surface area contributed by atoms with E-state index in [4.69, 9.17) is 0 Å². The van der Waals surface area contributed by atoms with Gasteiger partial charge in [-0.1, -0.05) is 6.92 Å². The summed E-state index contributed by atoms with van der Waals surface area (Å²) in [6.07, 6.45) is 5.87. The molecule has 2 aliphatic carbocycles. The predicted octanol–water partition coefficient (Wildman–Crippen LogP) is 2.15. The zero-order valence-corrected chi connectivity index (χ0v) is 10.5. The largest absolute Gasteiger partial charge is 0.312 e. The van der Waals surface area contributed by atoms with E-state index >= 15 is 0 Å². The molecular formula is C13H26N2. The summed E-state index contributed by atoms with van der Waals surface area (Å²) in [5.74, 6) is 2.02. The van der Waals surface area contributed by atoms with E-state index in [1.165, 1.54) is 25.7 Å². The van der Waals surface area contributed by atoms with Gasteiger partial charge in [-0.3, -0.25) is 0 Å². The summed E-state index contributed by atoms with van der Waals surface area (Å²) in [5, 5.41) is 7.34. The first kappa shape index (κ1) is 11.4. The lowest BCUT2D eigenvalue weighted by molar-refractivity contribution is 0.322. The number of nitrogens with one attached hydrogen (secondary N) is 2. The molecule has 2 heteroatoms. The predicted molar refractivity (Wildman–Crippen MR) is 65.0 cm³/mol. The monoisotopic (exact) mass is 210 g/mol. The summed E-state index contributed by atoms with van der Waals surface area (Å²) in [6.45, 7) is 8.94. The van der Waals surface area contributed by atoms with Crippen LogP contribution in [0.2, 0.25) is 0 Å².